The van der Waals surface area contributed by atoms with Crippen LogP contribution in [0.1, 0.15) is 48.0 Å². The van der Waals surface area contributed by atoms with E-state index < -0.39 is 0 Å². The second-order valence-corrected chi connectivity index (χ2v) is 7.33. The largest absolute Gasteiger partial charge is 0.322 e. The number of pyridine rings is 1. The number of rotatable bonds is 2. The molecule has 3 aromatic rings. The highest BCUT2D eigenvalue weighted by Gasteiger charge is 2.14. The molecule has 1 heterocycles. The summed E-state index contributed by atoms with van der Waals surface area (Å²) < 4.78 is 0. The van der Waals surface area contributed by atoms with Gasteiger partial charge < -0.3 is 5.32 Å². The van der Waals surface area contributed by atoms with Gasteiger partial charge in [-0.15, -0.1) is 0 Å². The summed E-state index contributed by atoms with van der Waals surface area (Å²) in [5.74, 6) is 5.96. The standard InChI is InChI=1S/C24H22N2O/c1-24(2,3)20-13-11-19(12-14-20)23(27)26-22-9-6-7-18(17-22)10-15-21-8-4-5-16-25-21/h4-9,11-14,16-17H,1-3H3,(H,26,27). The summed E-state index contributed by atoms with van der Waals surface area (Å²) in [5.41, 5.74) is 4.15. The maximum Gasteiger partial charge on any atom is 0.255 e. The number of hydrogen-bond donors (Lipinski definition) is 1. The van der Waals surface area contributed by atoms with E-state index in [-0.39, 0.29) is 11.3 Å². The van der Waals surface area contributed by atoms with Crippen molar-refractivity contribution in [3.8, 4) is 11.8 Å². The van der Waals surface area contributed by atoms with E-state index in [1.165, 1.54) is 5.56 Å². The Balaban J connectivity index is 1.72. The van der Waals surface area contributed by atoms with Gasteiger partial charge in [0.05, 0.1) is 0 Å². The maximum absolute atomic E-state index is 12.5. The van der Waals surface area contributed by atoms with Crippen LogP contribution in [0.4, 0.5) is 5.69 Å². The van der Waals surface area contributed by atoms with Crippen molar-refractivity contribution < 1.29 is 4.79 Å². The molecule has 1 amide bonds. The van der Waals surface area contributed by atoms with Gasteiger partial charge in [-0.25, -0.2) is 4.98 Å². The number of nitrogens with zero attached hydrogens (tertiary/aromatic N) is 1. The molecular weight excluding hydrogens is 332 g/mol. The Morgan fingerprint density at radius 1 is 0.926 bits per heavy atom. The Bertz CT molecular complexity index is 988. The molecule has 0 spiro atoms. The fourth-order valence-corrected chi connectivity index (χ4v) is 2.57. The van der Waals surface area contributed by atoms with E-state index in [1.807, 2.05) is 66.7 Å². The first-order chi connectivity index (χ1) is 12.9. The summed E-state index contributed by atoms with van der Waals surface area (Å²) in [5, 5.41) is 2.93. The lowest BCUT2D eigenvalue weighted by molar-refractivity contribution is 0.102. The summed E-state index contributed by atoms with van der Waals surface area (Å²) in [6.07, 6.45) is 1.71. The molecule has 0 saturated carbocycles. The SMILES string of the molecule is CC(C)(C)c1ccc(C(=O)Nc2cccc(C#Cc3ccccn3)c2)cc1. The minimum absolute atomic E-state index is 0.0651. The van der Waals surface area contributed by atoms with E-state index >= 15 is 0 Å². The second kappa shape index (κ2) is 7.88. The van der Waals surface area contributed by atoms with Gasteiger partial charge in [-0.3, -0.25) is 4.79 Å². The molecule has 0 aliphatic heterocycles. The van der Waals surface area contributed by atoms with Gasteiger partial charge in [0.15, 0.2) is 0 Å². The summed E-state index contributed by atoms with van der Waals surface area (Å²) >= 11 is 0. The first-order valence-corrected chi connectivity index (χ1v) is 8.87. The van der Waals surface area contributed by atoms with Crippen LogP contribution in [0, 0.1) is 11.8 Å². The lowest BCUT2D eigenvalue weighted by Gasteiger charge is -2.19. The molecule has 3 heteroatoms. The van der Waals surface area contributed by atoms with Crippen LogP contribution >= 0.6 is 0 Å². The van der Waals surface area contributed by atoms with Gasteiger partial charge in [0.25, 0.3) is 5.91 Å². The molecule has 0 saturated heterocycles. The van der Waals surface area contributed by atoms with Gasteiger partial charge in [0.2, 0.25) is 0 Å². The van der Waals surface area contributed by atoms with Crippen LogP contribution in [0.5, 0.6) is 0 Å². The predicted octanol–water partition coefficient (Wildman–Crippen LogP) is 5.03. The Morgan fingerprint density at radius 2 is 1.70 bits per heavy atom. The highest BCUT2D eigenvalue weighted by molar-refractivity contribution is 6.04. The van der Waals surface area contributed by atoms with Crippen LogP contribution in [0.2, 0.25) is 0 Å². The van der Waals surface area contributed by atoms with Gasteiger partial charge in [0, 0.05) is 23.0 Å². The molecule has 0 aliphatic carbocycles. The third kappa shape index (κ3) is 5.05. The van der Waals surface area contributed by atoms with Crippen molar-refractivity contribution in [2.45, 2.75) is 26.2 Å². The molecule has 0 atom stereocenters. The molecule has 27 heavy (non-hydrogen) atoms. The lowest BCUT2D eigenvalue weighted by atomic mass is 9.87. The van der Waals surface area contributed by atoms with E-state index in [0.29, 0.717) is 16.9 Å². The van der Waals surface area contributed by atoms with Crippen LogP contribution in [0.3, 0.4) is 0 Å². The molecule has 134 valence electrons. The van der Waals surface area contributed by atoms with E-state index in [4.69, 9.17) is 0 Å². The molecule has 0 bridgehead atoms. The average Bonchev–Trinajstić information content (AvgIpc) is 2.67. The number of benzene rings is 2. The van der Waals surface area contributed by atoms with Crippen molar-refractivity contribution in [3.05, 3.63) is 95.3 Å². The van der Waals surface area contributed by atoms with Crippen LogP contribution in [-0.2, 0) is 5.41 Å². The van der Waals surface area contributed by atoms with Crippen LogP contribution in [0.25, 0.3) is 0 Å². The van der Waals surface area contributed by atoms with Crippen molar-refractivity contribution in [1.29, 1.82) is 0 Å². The van der Waals surface area contributed by atoms with E-state index in [2.05, 4.69) is 42.9 Å². The van der Waals surface area contributed by atoms with E-state index in [0.717, 1.165) is 5.56 Å². The quantitative estimate of drug-likeness (QED) is 0.656. The zero-order valence-electron chi connectivity index (χ0n) is 15.8. The van der Waals surface area contributed by atoms with Crippen LogP contribution in [0.15, 0.2) is 72.9 Å². The molecule has 1 N–H and O–H groups in total. The highest BCUT2D eigenvalue weighted by Crippen LogP contribution is 2.22. The first kappa shape index (κ1) is 18.4. The zero-order valence-corrected chi connectivity index (χ0v) is 15.8. The third-order valence-corrected chi connectivity index (χ3v) is 4.13. The number of hydrogen-bond acceptors (Lipinski definition) is 2. The third-order valence-electron chi connectivity index (χ3n) is 4.13. The van der Waals surface area contributed by atoms with Crippen molar-refractivity contribution in [2.75, 3.05) is 5.32 Å². The maximum atomic E-state index is 12.5. The Kier molecular flexibility index (Phi) is 5.38. The number of anilines is 1. The fourth-order valence-electron chi connectivity index (χ4n) is 2.57. The summed E-state index contributed by atoms with van der Waals surface area (Å²) in [6, 6.07) is 20.8. The van der Waals surface area contributed by atoms with Crippen LogP contribution in [-0.4, -0.2) is 10.9 Å². The average molecular weight is 354 g/mol. The molecule has 3 rings (SSSR count). The topological polar surface area (TPSA) is 42.0 Å². The number of amides is 1. The van der Waals surface area contributed by atoms with Gasteiger partial charge in [-0.05, 0) is 59.4 Å². The number of carbonyl (C=O) groups is 1. The van der Waals surface area contributed by atoms with E-state index in [1.54, 1.807) is 6.20 Å². The molecule has 1 aromatic heterocycles. The van der Waals surface area contributed by atoms with Gasteiger partial charge in [-0.1, -0.05) is 51.0 Å². The monoisotopic (exact) mass is 354 g/mol. The Hall–Kier alpha value is -3.38. The molecule has 0 aliphatic rings. The van der Waals surface area contributed by atoms with Crippen molar-refractivity contribution in [1.82, 2.24) is 4.98 Å². The first-order valence-electron chi connectivity index (χ1n) is 8.87. The van der Waals surface area contributed by atoms with Crippen LogP contribution < -0.4 is 5.32 Å². The number of aromatic nitrogens is 1. The zero-order chi connectivity index (χ0) is 19.3. The Morgan fingerprint density at radius 3 is 2.37 bits per heavy atom. The molecule has 0 radical (unpaired) electrons. The minimum atomic E-state index is -0.134. The van der Waals surface area contributed by atoms with Crippen molar-refractivity contribution in [2.24, 2.45) is 0 Å². The molecular formula is C24H22N2O. The number of nitrogens with one attached hydrogen (secondary N) is 1. The smallest absolute Gasteiger partial charge is 0.255 e. The van der Waals surface area contributed by atoms with E-state index in [9.17, 15) is 4.79 Å². The summed E-state index contributed by atoms with van der Waals surface area (Å²) in [4.78, 5) is 16.7. The summed E-state index contributed by atoms with van der Waals surface area (Å²) in [7, 11) is 0. The molecule has 0 fully saturated rings. The van der Waals surface area contributed by atoms with Gasteiger partial charge in [0.1, 0.15) is 5.69 Å². The van der Waals surface area contributed by atoms with Crippen molar-refractivity contribution >= 4 is 11.6 Å². The van der Waals surface area contributed by atoms with Crippen molar-refractivity contribution in [3.63, 3.8) is 0 Å². The normalized spacial score (nSPS) is 10.6. The minimum Gasteiger partial charge on any atom is -0.322 e. The predicted molar refractivity (Wildman–Crippen MR) is 110 cm³/mol. The second-order valence-electron chi connectivity index (χ2n) is 7.33. The number of carbonyl (C=O) groups excluding carboxylic acids is 1. The molecule has 3 nitrogen and oxygen atoms in total. The lowest BCUT2D eigenvalue weighted by Crippen LogP contribution is -2.14. The molecule has 2 aromatic carbocycles. The summed E-state index contributed by atoms with van der Waals surface area (Å²) in [6.45, 7) is 6.46. The highest BCUT2D eigenvalue weighted by atomic mass is 16.1. The van der Waals surface area contributed by atoms with Gasteiger partial charge >= 0.3 is 0 Å². The Labute approximate surface area is 160 Å². The molecule has 0 unspecified atom stereocenters. The fraction of sp³-hybridized carbons (Fsp3) is 0.167. The van der Waals surface area contributed by atoms with Gasteiger partial charge in [-0.2, -0.15) is 0 Å².